The standard InChI is InChI=1S/C19H23N3O6S/c1-13-5-8-16(27-3)18(9-13)29(25,26)22(2)12-19(24)21-20-11-14-6-7-15(23)17(10-14)28-4/h5-11,23H,12H2,1-4H3,(H,21,24)/b20-11+. The Morgan fingerprint density at radius 2 is 1.86 bits per heavy atom. The highest BCUT2D eigenvalue weighted by Gasteiger charge is 2.26. The predicted molar refractivity (Wildman–Crippen MR) is 108 cm³/mol. The second kappa shape index (κ2) is 9.39. The molecule has 0 unspecified atom stereocenters. The molecule has 0 saturated carbocycles. The van der Waals surface area contributed by atoms with Crippen molar-refractivity contribution in [1.29, 1.82) is 0 Å². The van der Waals surface area contributed by atoms with E-state index in [2.05, 4.69) is 10.5 Å². The van der Waals surface area contributed by atoms with Crippen molar-refractivity contribution < 1.29 is 27.8 Å². The fourth-order valence-electron chi connectivity index (χ4n) is 2.43. The molecule has 0 aliphatic rings. The van der Waals surface area contributed by atoms with E-state index in [1.807, 2.05) is 0 Å². The summed E-state index contributed by atoms with van der Waals surface area (Å²) >= 11 is 0. The molecule has 2 aromatic carbocycles. The molecule has 9 nitrogen and oxygen atoms in total. The summed E-state index contributed by atoms with van der Waals surface area (Å²) in [4.78, 5) is 12.1. The van der Waals surface area contributed by atoms with E-state index in [0.717, 1.165) is 9.87 Å². The summed E-state index contributed by atoms with van der Waals surface area (Å²) in [6, 6.07) is 9.32. The maximum absolute atomic E-state index is 12.8. The summed E-state index contributed by atoms with van der Waals surface area (Å²) in [5, 5.41) is 13.4. The van der Waals surface area contributed by atoms with E-state index >= 15 is 0 Å². The van der Waals surface area contributed by atoms with Crippen LogP contribution in [-0.2, 0) is 14.8 Å². The molecular formula is C19H23N3O6S. The molecule has 0 aliphatic carbocycles. The number of likely N-dealkylation sites (N-methyl/N-ethyl adjacent to an activating group) is 1. The van der Waals surface area contributed by atoms with Crippen molar-refractivity contribution in [3.63, 3.8) is 0 Å². The Bertz CT molecular complexity index is 1020. The van der Waals surface area contributed by atoms with Crippen LogP contribution in [0.3, 0.4) is 0 Å². The third-order valence-electron chi connectivity index (χ3n) is 3.98. The molecule has 2 N–H and O–H groups in total. The van der Waals surface area contributed by atoms with E-state index in [9.17, 15) is 18.3 Å². The van der Waals surface area contributed by atoms with Gasteiger partial charge in [-0.2, -0.15) is 9.41 Å². The number of aryl methyl sites for hydroxylation is 1. The number of carbonyl (C=O) groups excluding carboxylic acids is 1. The number of hydrogen-bond acceptors (Lipinski definition) is 7. The van der Waals surface area contributed by atoms with Crippen molar-refractivity contribution in [2.24, 2.45) is 5.10 Å². The Balaban J connectivity index is 2.06. The second-order valence-corrected chi connectivity index (χ2v) is 8.15. The van der Waals surface area contributed by atoms with Gasteiger partial charge in [0.25, 0.3) is 5.91 Å². The number of nitrogens with zero attached hydrogens (tertiary/aromatic N) is 2. The molecule has 0 radical (unpaired) electrons. The van der Waals surface area contributed by atoms with Crippen LogP contribution in [0.4, 0.5) is 0 Å². The normalized spacial score (nSPS) is 11.6. The van der Waals surface area contributed by atoms with Crippen molar-refractivity contribution in [3.8, 4) is 17.2 Å². The third kappa shape index (κ3) is 5.46. The van der Waals surface area contributed by atoms with Crippen LogP contribution in [0.2, 0.25) is 0 Å². The van der Waals surface area contributed by atoms with E-state index in [0.29, 0.717) is 5.56 Å². The largest absolute Gasteiger partial charge is 0.504 e. The molecule has 0 aromatic heterocycles. The number of hydrogen-bond donors (Lipinski definition) is 2. The fourth-order valence-corrected chi connectivity index (χ4v) is 3.79. The minimum atomic E-state index is -3.94. The topological polar surface area (TPSA) is 118 Å². The number of hydrazone groups is 1. The molecule has 2 aromatic rings. The van der Waals surface area contributed by atoms with E-state index in [4.69, 9.17) is 9.47 Å². The van der Waals surface area contributed by atoms with Gasteiger partial charge in [-0.1, -0.05) is 6.07 Å². The number of carbonyl (C=O) groups is 1. The molecule has 10 heteroatoms. The smallest absolute Gasteiger partial charge is 0.255 e. The molecule has 0 aliphatic heterocycles. The minimum absolute atomic E-state index is 0.0185. The fraction of sp³-hybridized carbons (Fsp3) is 0.263. The predicted octanol–water partition coefficient (Wildman–Crippen LogP) is 1.49. The van der Waals surface area contributed by atoms with Crippen molar-refractivity contribution in [3.05, 3.63) is 47.5 Å². The number of benzene rings is 2. The number of methoxy groups -OCH3 is 2. The minimum Gasteiger partial charge on any atom is -0.504 e. The zero-order valence-electron chi connectivity index (χ0n) is 16.5. The van der Waals surface area contributed by atoms with Crippen LogP contribution in [0.15, 0.2) is 46.4 Å². The molecule has 1 amide bonds. The van der Waals surface area contributed by atoms with E-state index < -0.39 is 22.5 Å². The average Bonchev–Trinajstić information content (AvgIpc) is 2.69. The van der Waals surface area contributed by atoms with Gasteiger partial charge >= 0.3 is 0 Å². The van der Waals surface area contributed by atoms with Crippen LogP contribution in [0.25, 0.3) is 0 Å². The van der Waals surface area contributed by atoms with Gasteiger partial charge in [0.05, 0.1) is 27.0 Å². The van der Waals surface area contributed by atoms with Crippen molar-refractivity contribution in [1.82, 2.24) is 9.73 Å². The van der Waals surface area contributed by atoms with E-state index in [1.54, 1.807) is 25.1 Å². The van der Waals surface area contributed by atoms with Crippen LogP contribution in [0, 0.1) is 6.92 Å². The molecule has 2 rings (SSSR count). The molecule has 0 heterocycles. The van der Waals surface area contributed by atoms with Crippen LogP contribution >= 0.6 is 0 Å². The summed E-state index contributed by atoms with van der Waals surface area (Å²) in [6.07, 6.45) is 1.35. The summed E-state index contributed by atoms with van der Waals surface area (Å²) in [5.41, 5.74) is 3.59. The first-order valence-electron chi connectivity index (χ1n) is 8.49. The highest BCUT2D eigenvalue weighted by molar-refractivity contribution is 7.89. The molecule has 0 bridgehead atoms. The molecular weight excluding hydrogens is 398 g/mol. The molecule has 156 valence electrons. The maximum atomic E-state index is 12.8. The second-order valence-electron chi connectivity index (χ2n) is 6.14. The Morgan fingerprint density at radius 1 is 1.17 bits per heavy atom. The Hall–Kier alpha value is -3.11. The van der Waals surface area contributed by atoms with Gasteiger partial charge in [-0.05, 0) is 48.4 Å². The van der Waals surface area contributed by atoms with Gasteiger partial charge in [0, 0.05) is 7.05 Å². The monoisotopic (exact) mass is 421 g/mol. The number of phenols is 1. The first kappa shape index (κ1) is 22.2. The Morgan fingerprint density at radius 3 is 2.52 bits per heavy atom. The highest BCUT2D eigenvalue weighted by Crippen LogP contribution is 2.27. The van der Waals surface area contributed by atoms with Crippen LogP contribution in [-0.4, -0.2) is 57.8 Å². The molecule has 0 fully saturated rings. The number of aromatic hydroxyl groups is 1. The maximum Gasteiger partial charge on any atom is 0.255 e. The molecule has 0 saturated heterocycles. The van der Waals surface area contributed by atoms with Gasteiger partial charge < -0.3 is 14.6 Å². The number of rotatable bonds is 8. The molecule has 0 atom stereocenters. The van der Waals surface area contributed by atoms with Gasteiger partial charge in [0.15, 0.2) is 11.5 Å². The zero-order chi connectivity index (χ0) is 21.6. The first-order chi connectivity index (χ1) is 13.7. The van der Waals surface area contributed by atoms with Crippen LogP contribution in [0.1, 0.15) is 11.1 Å². The summed E-state index contributed by atoms with van der Waals surface area (Å²) < 4.78 is 36.6. The first-order valence-corrected chi connectivity index (χ1v) is 9.93. The van der Waals surface area contributed by atoms with Gasteiger partial charge in [-0.3, -0.25) is 4.79 Å². The average molecular weight is 421 g/mol. The summed E-state index contributed by atoms with van der Waals surface area (Å²) in [7, 11) is 0.150. The zero-order valence-corrected chi connectivity index (χ0v) is 17.4. The van der Waals surface area contributed by atoms with Crippen molar-refractivity contribution >= 4 is 22.1 Å². The Kier molecular flexibility index (Phi) is 7.18. The van der Waals surface area contributed by atoms with E-state index in [-0.39, 0.29) is 22.1 Å². The SMILES string of the molecule is COc1cc(/C=N/NC(=O)CN(C)S(=O)(=O)c2cc(C)ccc2OC)ccc1O. The summed E-state index contributed by atoms with van der Waals surface area (Å²) in [5.74, 6) is -0.183. The quantitative estimate of drug-likeness (QED) is 0.493. The van der Waals surface area contributed by atoms with Gasteiger partial charge in [-0.15, -0.1) is 0 Å². The van der Waals surface area contributed by atoms with Crippen LogP contribution < -0.4 is 14.9 Å². The van der Waals surface area contributed by atoms with E-state index in [1.165, 1.54) is 45.7 Å². The van der Waals surface area contributed by atoms with Gasteiger partial charge in [0.2, 0.25) is 10.0 Å². The van der Waals surface area contributed by atoms with Gasteiger partial charge in [0.1, 0.15) is 10.6 Å². The number of amides is 1. The lowest BCUT2D eigenvalue weighted by atomic mass is 10.2. The van der Waals surface area contributed by atoms with Gasteiger partial charge in [-0.25, -0.2) is 13.8 Å². The number of nitrogens with one attached hydrogen (secondary N) is 1. The lowest BCUT2D eigenvalue weighted by molar-refractivity contribution is -0.121. The third-order valence-corrected chi connectivity index (χ3v) is 5.80. The lowest BCUT2D eigenvalue weighted by Crippen LogP contribution is -2.36. The number of ether oxygens (including phenoxy) is 2. The van der Waals surface area contributed by atoms with Crippen molar-refractivity contribution in [2.45, 2.75) is 11.8 Å². The van der Waals surface area contributed by atoms with Crippen LogP contribution in [0.5, 0.6) is 17.2 Å². The summed E-state index contributed by atoms with van der Waals surface area (Å²) in [6.45, 7) is 1.33. The Labute approximate surface area is 169 Å². The molecule has 0 spiro atoms. The van der Waals surface area contributed by atoms with Crippen molar-refractivity contribution in [2.75, 3.05) is 27.8 Å². The lowest BCUT2D eigenvalue weighted by Gasteiger charge is -2.18. The number of sulfonamides is 1. The molecule has 29 heavy (non-hydrogen) atoms. The number of phenolic OH excluding ortho intramolecular Hbond substituents is 1. The highest BCUT2D eigenvalue weighted by atomic mass is 32.2.